The van der Waals surface area contributed by atoms with Gasteiger partial charge < -0.3 is 24.6 Å². The molecule has 0 unspecified atom stereocenters. The summed E-state index contributed by atoms with van der Waals surface area (Å²) in [5.41, 5.74) is 4.49. The Hall–Kier alpha value is -4.72. The zero-order chi connectivity index (χ0) is 39.7. The molecule has 1 saturated heterocycles. The van der Waals surface area contributed by atoms with Gasteiger partial charge >= 0.3 is 12.1 Å². The monoisotopic (exact) mass is 792 g/mol. The third-order valence-electron chi connectivity index (χ3n) is 11.2. The Morgan fingerprint density at radius 2 is 1.68 bits per heavy atom. The van der Waals surface area contributed by atoms with Gasteiger partial charge in [0.1, 0.15) is 23.5 Å². The van der Waals surface area contributed by atoms with Gasteiger partial charge in [0, 0.05) is 48.2 Å². The molecule has 0 amide bonds. The van der Waals surface area contributed by atoms with Crippen LogP contribution in [0.5, 0.6) is 17.6 Å². The van der Waals surface area contributed by atoms with Crippen molar-refractivity contribution in [3.8, 4) is 40.0 Å². The fourth-order valence-electron chi connectivity index (χ4n) is 8.40. The molecule has 10 nitrogen and oxygen atoms in total. The summed E-state index contributed by atoms with van der Waals surface area (Å²) in [5.74, 6) is -0.695. The van der Waals surface area contributed by atoms with Crippen molar-refractivity contribution in [2.45, 2.75) is 76.9 Å². The predicted octanol–water partition coefficient (Wildman–Crippen LogP) is 8.32. The van der Waals surface area contributed by atoms with E-state index in [1.807, 2.05) is 55.5 Å². The summed E-state index contributed by atoms with van der Waals surface area (Å²) < 4.78 is 61.0. The Bertz CT molecular complexity index is 2130. The highest BCUT2D eigenvalue weighted by Gasteiger charge is 2.41. The van der Waals surface area contributed by atoms with Crippen LogP contribution in [0, 0.1) is 11.8 Å². The lowest BCUT2D eigenvalue weighted by Crippen LogP contribution is -2.38. The first kappa shape index (κ1) is 39.5. The number of carbonyl (C=O) groups is 2. The van der Waals surface area contributed by atoms with Crippen LogP contribution < -0.4 is 19.5 Å². The van der Waals surface area contributed by atoms with Gasteiger partial charge in [-0.05, 0) is 79.4 Å². The second-order valence-electron chi connectivity index (χ2n) is 14.9. The number of Topliss-reactive ketones (excluding diaryl/α,β-unsaturated/α-hetero) is 1. The first-order valence-electron chi connectivity index (χ1n) is 18.8. The smallest absolute Gasteiger partial charge is 0.421 e. The van der Waals surface area contributed by atoms with Gasteiger partial charge in [-0.25, -0.2) is 4.98 Å². The van der Waals surface area contributed by atoms with E-state index >= 15 is 0 Å². The predicted molar refractivity (Wildman–Crippen MR) is 204 cm³/mol. The molecule has 2 fully saturated rings. The molecule has 4 atom stereocenters. The number of rotatable bonds is 13. The minimum Gasteiger partial charge on any atom is -0.481 e. The molecule has 0 spiro atoms. The lowest BCUT2D eigenvalue weighted by Gasteiger charge is -2.25. The van der Waals surface area contributed by atoms with Crippen LogP contribution in [0.4, 0.5) is 13.2 Å². The van der Waals surface area contributed by atoms with E-state index < -0.39 is 35.7 Å². The quantitative estimate of drug-likeness (QED) is 0.137. The Morgan fingerprint density at radius 1 is 0.946 bits per heavy atom. The van der Waals surface area contributed by atoms with Crippen molar-refractivity contribution < 1.29 is 42.1 Å². The lowest BCUT2D eigenvalue weighted by atomic mass is 9.94. The number of ketones is 1. The minimum absolute atomic E-state index is 0.0523. The number of carbonyl (C=O) groups excluding carboxylic acids is 1. The molecule has 0 radical (unpaired) electrons. The molecule has 56 heavy (non-hydrogen) atoms. The molecular formula is C42H44ClF3N4O6. The average Bonchev–Trinajstić information content (AvgIpc) is 3.89. The summed E-state index contributed by atoms with van der Waals surface area (Å²) in [6.45, 7) is 3.46. The fourth-order valence-corrected chi connectivity index (χ4v) is 8.72. The third kappa shape index (κ3) is 8.07. The number of pyridine rings is 2. The van der Waals surface area contributed by atoms with Gasteiger partial charge in [0.25, 0.3) is 0 Å². The summed E-state index contributed by atoms with van der Waals surface area (Å²) in [7, 11) is 2.89. The van der Waals surface area contributed by atoms with Gasteiger partial charge in [-0.3, -0.25) is 14.5 Å². The number of fused-ring (bicyclic) bond motifs is 1. The average molecular weight is 793 g/mol. The van der Waals surface area contributed by atoms with E-state index in [1.54, 1.807) is 12.0 Å². The molecule has 0 bridgehead atoms. The number of carboxylic acids is 1. The van der Waals surface area contributed by atoms with Crippen LogP contribution in [-0.4, -0.2) is 65.1 Å². The van der Waals surface area contributed by atoms with E-state index in [-0.39, 0.29) is 23.9 Å². The number of hydrogen-bond acceptors (Lipinski definition) is 9. The number of nitrogens with one attached hydrogen (secondary N) is 1. The Kier molecular flexibility index (Phi) is 11.6. The Balaban J connectivity index is 1.13. The summed E-state index contributed by atoms with van der Waals surface area (Å²) in [6, 6.07) is 15.3. The van der Waals surface area contributed by atoms with E-state index in [4.69, 9.17) is 30.8 Å². The number of benzene rings is 2. The number of aromatic nitrogens is 2. The zero-order valence-electron chi connectivity index (χ0n) is 31.4. The van der Waals surface area contributed by atoms with E-state index in [0.717, 1.165) is 46.8 Å². The van der Waals surface area contributed by atoms with Crippen LogP contribution in [0.1, 0.15) is 72.9 Å². The lowest BCUT2D eigenvalue weighted by molar-refractivity contribution is -0.144. The molecule has 1 saturated carbocycles. The van der Waals surface area contributed by atoms with Gasteiger partial charge in [0.15, 0.2) is 0 Å². The highest BCUT2D eigenvalue weighted by Crippen LogP contribution is 2.46. The highest BCUT2D eigenvalue weighted by molar-refractivity contribution is 6.36. The van der Waals surface area contributed by atoms with Crippen molar-refractivity contribution in [3.63, 3.8) is 0 Å². The molecule has 2 aromatic heterocycles. The number of carboxylic acid groups (broad SMARTS) is 1. The largest absolute Gasteiger partial charge is 0.481 e. The van der Waals surface area contributed by atoms with Crippen LogP contribution >= 0.6 is 11.6 Å². The van der Waals surface area contributed by atoms with Gasteiger partial charge in [0.2, 0.25) is 17.6 Å². The molecule has 2 N–H and O–H groups in total. The topological polar surface area (TPSA) is 123 Å². The van der Waals surface area contributed by atoms with Gasteiger partial charge in [0.05, 0.1) is 24.9 Å². The van der Waals surface area contributed by atoms with E-state index in [9.17, 15) is 27.9 Å². The maximum Gasteiger partial charge on any atom is 0.421 e. The minimum atomic E-state index is -4.80. The van der Waals surface area contributed by atoms with Crippen LogP contribution in [0.2, 0.25) is 5.02 Å². The SMILES string of the molecule is COc1nc(-c2cccc(-c3cccc4c3CC[C@@H]4Oc3nc(OC)c(CN4CC[C@H](C)[C@H]4C(=O)O)cc3C(F)(F)F)c2Cl)ccc1CNC[C@@H]1CCC(=O)C1. The second-order valence-corrected chi connectivity index (χ2v) is 15.2. The van der Waals surface area contributed by atoms with E-state index in [0.29, 0.717) is 79.1 Å². The van der Waals surface area contributed by atoms with Crippen LogP contribution in [0.15, 0.2) is 54.6 Å². The van der Waals surface area contributed by atoms with Crippen LogP contribution in [0.25, 0.3) is 22.4 Å². The molecule has 4 aromatic rings. The summed E-state index contributed by atoms with van der Waals surface area (Å²) >= 11 is 7.13. The summed E-state index contributed by atoms with van der Waals surface area (Å²) in [5, 5.41) is 13.7. The zero-order valence-corrected chi connectivity index (χ0v) is 32.2. The normalized spacial score (nSPS) is 21.0. The number of methoxy groups -OCH3 is 2. The number of alkyl halides is 3. The number of hydrogen-bond donors (Lipinski definition) is 2. The van der Waals surface area contributed by atoms with Crippen LogP contribution in [-0.2, 0) is 35.3 Å². The molecule has 2 aromatic carbocycles. The van der Waals surface area contributed by atoms with Crippen LogP contribution in [0.3, 0.4) is 0 Å². The standard InChI is InChI=1S/C42H44ClF3N4O6/c1-23-16-17-50(37(23)41(52)53)22-26-19-33(42(44,45)46)40(49-39(26)55-3)56-35-15-13-29-28(6-4-7-30(29)35)31-8-5-9-32(36(31)43)34-14-11-25(38(48-34)54-2)21-47-20-24-10-12-27(51)18-24/h4-9,11,14,19,23-24,35,37,47H,10,12-13,15-18,20-22H2,1-3H3,(H,52,53)/t23-,24+,35-,37-/m0/s1. The van der Waals surface area contributed by atoms with Crippen molar-refractivity contribution in [1.29, 1.82) is 0 Å². The third-order valence-corrected chi connectivity index (χ3v) is 11.6. The van der Waals surface area contributed by atoms with Crippen molar-refractivity contribution in [2.75, 3.05) is 27.3 Å². The summed E-state index contributed by atoms with van der Waals surface area (Å²) in [6.07, 6.45) is -1.81. The molecule has 3 heterocycles. The molecule has 296 valence electrons. The number of nitrogens with zero attached hydrogens (tertiary/aromatic N) is 3. The first-order chi connectivity index (χ1) is 26.9. The number of ether oxygens (including phenoxy) is 3. The van der Waals surface area contributed by atoms with Crippen molar-refractivity contribution in [2.24, 2.45) is 11.8 Å². The van der Waals surface area contributed by atoms with E-state index in [2.05, 4.69) is 10.3 Å². The van der Waals surface area contributed by atoms with Gasteiger partial charge in [-0.2, -0.15) is 18.2 Å². The molecule has 7 rings (SSSR count). The maximum absolute atomic E-state index is 14.6. The number of aliphatic carboxylic acids is 1. The molecule has 1 aliphatic heterocycles. The molecule has 2 aliphatic carbocycles. The van der Waals surface area contributed by atoms with E-state index in [1.165, 1.54) is 7.11 Å². The van der Waals surface area contributed by atoms with Crippen molar-refractivity contribution >= 4 is 23.4 Å². The van der Waals surface area contributed by atoms with Crippen molar-refractivity contribution in [1.82, 2.24) is 20.2 Å². The fraction of sp³-hybridized carbons (Fsp3) is 0.429. The van der Waals surface area contributed by atoms with Gasteiger partial charge in [-0.1, -0.05) is 61.0 Å². The number of likely N-dealkylation sites (tertiary alicyclic amines) is 1. The maximum atomic E-state index is 14.6. The highest BCUT2D eigenvalue weighted by atomic mass is 35.5. The molecular weight excluding hydrogens is 749 g/mol. The molecule has 14 heteroatoms. The second kappa shape index (κ2) is 16.4. The first-order valence-corrected chi connectivity index (χ1v) is 19.2. The number of halogens is 4. The molecule has 3 aliphatic rings. The van der Waals surface area contributed by atoms with Gasteiger partial charge in [-0.15, -0.1) is 0 Å². The Morgan fingerprint density at radius 3 is 2.39 bits per heavy atom. The Labute approximate surface area is 328 Å². The van der Waals surface area contributed by atoms with Crippen molar-refractivity contribution in [3.05, 3.63) is 87.4 Å². The summed E-state index contributed by atoms with van der Waals surface area (Å²) in [4.78, 5) is 34.3.